The van der Waals surface area contributed by atoms with Gasteiger partial charge in [0.25, 0.3) is 0 Å². The standard InChI is InChI=1S/C15H24ClN3/c1-12-6-2-3-10-19(12)11-5-9-18-15-13(16)7-4-8-14(15)17/h4,7-8,12,18H,2-3,5-6,9-11,17H2,1H3. The summed E-state index contributed by atoms with van der Waals surface area (Å²) in [5.41, 5.74) is 7.50. The van der Waals surface area contributed by atoms with Gasteiger partial charge >= 0.3 is 0 Å². The first kappa shape index (κ1) is 14.5. The Morgan fingerprint density at radius 3 is 3.00 bits per heavy atom. The van der Waals surface area contributed by atoms with Gasteiger partial charge in [-0.3, -0.25) is 0 Å². The van der Waals surface area contributed by atoms with Gasteiger partial charge in [-0.05, 0) is 44.9 Å². The number of benzene rings is 1. The van der Waals surface area contributed by atoms with E-state index in [9.17, 15) is 0 Å². The maximum Gasteiger partial charge on any atom is 0.0763 e. The fraction of sp³-hybridized carbons (Fsp3) is 0.600. The van der Waals surface area contributed by atoms with E-state index in [1.807, 2.05) is 18.2 Å². The number of nitrogens with two attached hydrogens (primary N) is 1. The molecule has 19 heavy (non-hydrogen) atoms. The van der Waals surface area contributed by atoms with Crippen LogP contribution >= 0.6 is 11.6 Å². The van der Waals surface area contributed by atoms with Gasteiger partial charge in [-0.25, -0.2) is 0 Å². The van der Waals surface area contributed by atoms with Crippen LogP contribution in [0.1, 0.15) is 32.6 Å². The largest absolute Gasteiger partial charge is 0.397 e. The Morgan fingerprint density at radius 2 is 2.26 bits per heavy atom. The van der Waals surface area contributed by atoms with Crippen LogP contribution in [-0.2, 0) is 0 Å². The predicted molar refractivity (Wildman–Crippen MR) is 83.9 cm³/mol. The molecule has 1 aliphatic heterocycles. The number of nitrogens with zero attached hydrogens (tertiary/aromatic N) is 1. The highest BCUT2D eigenvalue weighted by Crippen LogP contribution is 2.27. The van der Waals surface area contributed by atoms with Crippen LogP contribution in [-0.4, -0.2) is 30.6 Å². The Labute approximate surface area is 121 Å². The summed E-state index contributed by atoms with van der Waals surface area (Å²) in [5.74, 6) is 0. The molecule has 1 fully saturated rings. The molecular weight excluding hydrogens is 258 g/mol. The molecule has 4 heteroatoms. The molecule has 0 saturated carbocycles. The van der Waals surface area contributed by atoms with Gasteiger partial charge in [0.05, 0.1) is 16.4 Å². The Morgan fingerprint density at radius 1 is 1.42 bits per heavy atom. The second-order valence-corrected chi connectivity index (χ2v) is 5.77. The molecule has 106 valence electrons. The molecule has 0 spiro atoms. The summed E-state index contributed by atoms with van der Waals surface area (Å²) >= 11 is 6.13. The summed E-state index contributed by atoms with van der Waals surface area (Å²) in [6, 6.07) is 6.35. The molecule has 0 aliphatic carbocycles. The van der Waals surface area contributed by atoms with E-state index >= 15 is 0 Å². The van der Waals surface area contributed by atoms with Crippen molar-refractivity contribution in [2.75, 3.05) is 30.7 Å². The highest BCUT2D eigenvalue weighted by Gasteiger charge is 2.17. The molecular formula is C15H24ClN3. The molecule has 1 aliphatic rings. The van der Waals surface area contributed by atoms with Crippen molar-refractivity contribution in [1.82, 2.24) is 4.90 Å². The predicted octanol–water partition coefficient (Wildman–Crippen LogP) is 3.60. The van der Waals surface area contributed by atoms with E-state index in [4.69, 9.17) is 17.3 Å². The average molecular weight is 282 g/mol. The van der Waals surface area contributed by atoms with Gasteiger partial charge in [-0.1, -0.05) is 24.1 Å². The normalized spacial score (nSPS) is 20.4. The number of hydrogen-bond acceptors (Lipinski definition) is 3. The first-order valence-corrected chi connectivity index (χ1v) is 7.58. The average Bonchev–Trinajstić information content (AvgIpc) is 2.39. The Kier molecular flexibility index (Phi) is 5.34. The fourth-order valence-electron chi connectivity index (χ4n) is 2.71. The van der Waals surface area contributed by atoms with Crippen molar-refractivity contribution >= 4 is 23.0 Å². The fourth-order valence-corrected chi connectivity index (χ4v) is 2.96. The summed E-state index contributed by atoms with van der Waals surface area (Å²) in [7, 11) is 0. The van der Waals surface area contributed by atoms with Gasteiger partial charge in [0, 0.05) is 19.1 Å². The number of hydrogen-bond donors (Lipinski definition) is 2. The Bertz CT molecular complexity index is 388. The van der Waals surface area contributed by atoms with Crippen LogP contribution in [0, 0.1) is 0 Å². The van der Waals surface area contributed by atoms with E-state index in [0.29, 0.717) is 5.02 Å². The third-order valence-electron chi connectivity index (χ3n) is 3.91. The molecule has 1 heterocycles. The number of piperidine rings is 1. The van der Waals surface area contributed by atoms with Crippen LogP contribution in [0.5, 0.6) is 0 Å². The molecule has 2 rings (SSSR count). The maximum absolute atomic E-state index is 6.13. The number of halogens is 1. The lowest BCUT2D eigenvalue weighted by Crippen LogP contribution is -2.38. The second kappa shape index (κ2) is 7.01. The van der Waals surface area contributed by atoms with E-state index in [2.05, 4.69) is 17.1 Å². The lowest BCUT2D eigenvalue weighted by Gasteiger charge is -2.33. The maximum atomic E-state index is 6.13. The van der Waals surface area contributed by atoms with Crippen molar-refractivity contribution in [2.24, 2.45) is 0 Å². The molecule has 0 amide bonds. The minimum absolute atomic E-state index is 0.700. The van der Waals surface area contributed by atoms with Crippen LogP contribution in [0.2, 0.25) is 5.02 Å². The zero-order chi connectivity index (χ0) is 13.7. The quantitative estimate of drug-likeness (QED) is 0.640. The highest BCUT2D eigenvalue weighted by atomic mass is 35.5. The molecule has 0 bridgehead atoms. The van der Waals surface area contributed by atoms with Crippen molar-refractivity contribution in [3.63, 3.8) is 0 Å². The second-order valence-electron chi connectivity index (χ2n) is 5.37. The molecule has 3 nitrogen and oxygen atoms in total. The molecule has 0 aromatic heterocycles. The van der Waals surface area contributed by atoms with Gasteiger partial charge in [-0.15, -0.1) is 0 Å². The molecule has 1 unspecified atom stereocenters. The van der Waals surface area contributed by atoms with Gasteiger partial charge in [0.15, 0.2) is 0 Å². The van der Waals surface area contributed by atoms with Crippen molar-refractivity contribution in [1.29, 1.82) is 0 Å². The molecule has 1 aromatic carbocycles. The van der Waals surface area contributed by atoms with Crippen LogP contribution in [0.25, 0.3) is 0 Å². The third kappa shape index (κ3) is 4.02. The lowest BCUT2D eigenvalue weighted by molar-refractivity contribution is 0.160. The van der Waals surface area contributed by atoms with Crippen LogP contribution < -0.4 is 11.1 Å². The van der Waals surface area contributed by atoms with E-state index in [1.165, 1.54) is 25.8 Å². The van der Waals surface area contributed by atoms with Crippen molar-refractivity contribution in [2.45, 2.75) is 38.6 Å². The van der Waals surface area contributed by atoms with Crippen LogP contribution in [0.15, 0.2) is 18.2 Å². The monoisotopic (exact) mass is 281 g/mol. The number of nitrogens with one attached hydrogen (secondary N) is 1. The topological polar surface area (TPSA) is 41.3 Å². The molecule has 1 aromatic rings. The van der Waals surface area contributed by atoms with Gasteiger partial charge in [0.1, 0.15) is 0 Å². The number of nitrogen functional groups attached to an aromatic ring is 1. The smallest absolute Gasteiger partial charge is 0.0763 e. The van der Waals surface area contributed by atoms with E-state index in [0.717, 1.165) is 36.9 Å². The third-order valence-corrected chi connectivity index (χ3v) is 4.23. The van der Waals surface area contributed by atoms with Crippen molar-refractivity contribution in [3.05, 3.63) is 23.2 Å². The lowest BCUT2D eigenvalue weighted by atomic mass is 10.0. The summed E-state index contributed by atoms with van der Waals surface area (Å²) in [5, 5.41) is 4.05. The van der Waals surface area contributed by atoms with Crippen molar-refractivity contribution in [3.8, 4) is 0 Å². The molecule has 1 saturated heterocycles. The summed E-state index contributed by atoms with van der Waals surface area (Å²) in [6.07, 6.45) is 5.18. The number of rotatable bonds is 5. The van der Waals surface area contributed by atoms with E-state index < -0.39 is 0 Å². The molecule has 3 N–H and O–H groups in total. The van der Waals surface area contributed by atoms with Gasteiger partial charge in [-0.2, -0.15) is 0 Å². The first-order chi connectivity index (χ1) is 9.18. The molecule has 0 radical (unpaired) electrons. The Balaban J connectivity index is 1.74. The van der Waals surface area contributed by atoms with Crippen LogP contribution in [0.4, 0.5) is 11.4 Å². The number of para-hydroxylation sites is 1. The van der Waals surface area contributed by atoms with E-state index in [-0.39, 0.29) is 0 Å². The number of anilines is 2. The van der Waals surface area contributed by atoms with E-state index in [1.54, 1.807) is 0 Å². The molecule has 1 atom stereocenters. The van der Waals surface area contributed by atoms with Gasteiger partial charge < -0.3 is 16.0 Å². The van der Waals surface area contributed by atoms with Crippen molar-refractivity contribution < 1.29 is 0 Å². The van der Waals surface area contributed by atoms with Crippen LogP contribution in [0.3, 0.4) is 0 Å². The SMILES string of the molecule is CC1CCCCN1CCCNc1c(N)cccc1Cl. The Hall–Kier alpha value is -0.930. The minimum Gasteiger partial charge on any atom is -0.397 e. The first-order valence-electron chi connectivity index (χ1n) is 7.20. The zero-order valence-corrected chi connectivity index (χ0v) is 12.4. The zero-order valence-electron chi connectivity index (χ0n) is 11.7. The summed E-state index contributed by atoms with van der Waals surface area (Å²) in [4.78, 5) is 2.58. The minimum atomic E-state index is 0.700. The van der Waals surface area contributed by atoms with Gasteiger partial charge in [0.2, 0.25) is 0 Å². The highest BCUT2D eigenvalue weighted by molar-refractivity contribution is 6.33. The number of likely N-dealkylation sites (tertiary alicyclic amines) is 1. The summed E-state index contributed by atoms with van der Waals surface area (Å²) < 4.78 is 0. The summed E-state index contributed by atoms with van der Waals surface area (Å²) in [6.45, 7) is 5.64.